The molecule has 4 aromatic rings. The molecular weight excluding hydrogens is 522 g/mol. The number of nitrogens with one attached hydrogen (secondary N) is 1. The molecule has 0 atom stereocenters. The third-order valence-corrected chi connectivity index (χ3v) is 7.29. The van der Waals surface area contributed by atoms with E-state index in [1.807, 2.05) is 47.8 Å². The number of aryl methyl sites for hydroxylation is 1. The Morgan fingerprint density at radius 3 is 2.51 bits per heavy atom. The fraction of sp³-hybridized carbons (Fsp3) is 0.360. The molecule has 0 radical (unpaired) electrons. The Morgan fingerprint density at radius 1 is 1.13 bits per heavy atom. The lowest BCUT2D eigenvalue weighted by Crippen LogP contribution is -2.37. The van der Waals surface area contributed by atoms with Crippen molar-refractivity contribution in [2.45, 2.75) is 11.4 Å². The highest BCUT2D eigenvalue weighted by molar-refractivity contribution is 7.99. The number of ether oxygens (including phenoxy) is 1. The van der Waals surface area contributed by atoms with Gasteiger partial charge in [-0.05, 0) is 12.1 Å². The molecule has 3 N–H and O–H groups in total. The van der Waals surface area contributed by atoms with Crippen molar-refractivity contribution < 1.29 is 19.8 Å². The minimum absolute atomic E-state index is 0.130. The molecule has 1 fully saturated rings. The molecule has 204 valence electrons. The molecule has 5 rings (SSSR count). The molecule has 0 bridgehead atoms. The molecule has 1 aliphatic heterocycles. The Hall–Kier alpha value is -3.85. The summed E-state index contributed by atoms with van der Waals surface area (Å²) in [5, 5.41) is 17.9. The van der Waals surface area contributed by atoms with Gasteiger partial charge in [0, 0.05) is 55.8 Å². The van der Waals surface area contributed by atoms with Crippen LogP contribution in [0.5, 0.6) is 0 Å². The largest absolute Gasteiger partial charge is 0.396 e. The van der Waals surface area contributed by atoms with Crippen molar-refractivity contribution in [2.24, 2.45) is 7.05 Å². The molecule has 4 heterocycles. The number of morpholine rings is 1. The highest BCUT2D eigenvalue weighted by atomic mass is 32.2. The van der Waals surface area contributed by atoms with E-state index in [1.54, 1.807) is 17.2 Å². The number of anilines is 2. The standard InChI is InChI=1S/C25H29N9O4S/c1-32(25-26-13-17(14-27-25)24(36)31-37)15-19-28-20-22(33(19)2)29-21(30-23(20)34-7-10-38-11-8-34)16-3-5-18(6-4-16)39-12-9-35/h3-6,13-14,35,37H,7-12,15H2,1-2H3,(H,31,36). The van der Waals surface area contributed by atoms with Gasteiger partial charge in [0.15, 0.2) is 22.8 Å². The Bertz CT molecular complexity index is 1440. The maximum atomic E-state index is 11.6. The number of thioether (sulfide) groups is 1. The van der Waals surface area contributed by atoms with Crippen molar-refractivity contribution in [3.8, 4) is 11.4 Å². The van der Waals surface area contributed by atoms with Crippen LogP contribution < -0.4 is 15.3 Å². The topological polar surface area (TPSA) is 155 Å². The number of carbonyl (C=O) groups excluding carboxylic acids is 1. The Morgan fingerprint density at radius 2 is 1.85 bits per heavy atom. The first-order valence-electron chi connectivity index (χ1n) is 12.4. The number of rotatable bonds is 9. The zero-order valence-corrected chi connectivity index (χ0v) is 22.4. The minimum Gasteiger partial charge on any atom is -0.396 e. The maximum Gasteiger partial charge on any atom is 0.277 e. The molecule has 13 nitrogen and oxygen atoms in total. The van der Waals surface area contributed by atoms with Crippen molar-refractivity contribution in [1.82, 2.24) is 35.0 Å². The quantitative estimate of drug-likeness (QED) is 0.157. The number of nitrogens with zero attached hydrogens (tertiary/aromatic N) is 8. The van der Waals surface area contributed by atoms with Crippen molar-refractivity contribution >= 4 is 40.6 Å². The van der Waals surface area contributed by atoms with E-state index < -0.39 is 5.91 Å². The average Bonchev–Trinajstić information content (AvgIpc) is 3.30. The molecule has 0 spiro atoms. The number of imidazole rings is 1. The highest BCUT2D eigenvalue weighted by Crippen LogP contribution is 2.30. The lowest BCUT2D eigenvalue weighted by Gasteiger charge is -2.28. The third-order valence-electron chi connectivity index (χ3n) is 6.30. The van der Waals surface area contributed by atoms with E-state index in [9.17, 15) is 4.79 Å². The van der Waals surface area contributed by atoms with Gasteiger partial charge in [0.25, 0.3) is 5.91 Å². The van der Waals surface area contributed by atoms with Crippen LogP contribution in [0.4, 0.5) is 11.8 Å². The summed E-state index contributed by atoms with van der Waals surface area (Å²) in [5.41, 5.74) is 4.02. The molecule has 1 aromatic carbocycles. The van der Waals surface area contributed by atoms with Gasteiger partial charge in [-0.25, -0.2) is 30.4 Å². The van der Waals surface area contributed by atoms with Crippen molar-refractivity contribution in [2.75, 3.05) is 55.5 Å². The van der Waals surface area contributed by atoms with Crippen LogP contribution in [0, 0.1) is 0 Å². The van der Waals surface area contributed by atoms with Gasteiger partial charge < -0.3 is 24.2 Å². The van der Waals surface area contributed by atoms with Crippen LogP contribution in [0.25, 0.3) is 22.6 Å². The van der Waals surface area contributed by atoms with Crippen LogP contribution >= 0.6 is 11.8 Å². The first-order valence-corrected chi connectivity index (χ1v) is 13.3. The third kappa shape index (κ3) is 5.78. The van der Waals surface area contributed by atoms with Gasteiger partial charge in [0.1, 0.15) is 5.82 Å². The maximum absolute atomic E-state index is 11.6. The van der Waals surface area contributed by atoms with Crippen LogP contribution in [-0.2, 0) is 18.3 Å². The fourth-order valence-corrected chi connectivity index (χ4v) is 4.86. The summed E-state index contributed by atoms with van der Waals surface area (Å²) in [6.07, 6.45) is 2.70. The number of benzene rings is 1. The predicted molar refractivity (Wildman–Crippen MR) is 146 cm³/mol. The number of hydroxylamine groups is 1. The summed E-state index contributed by atoms with van der Waals surface area (Å²) in [6.45, 7) is 3.15. The zero-order valence-electron chi connectivity index (χ0n) is 21.6. The van der Waals surface area contributed by atoms with Crippen LogP contribution in [0.3, 0.4) is 0 Å². The second-order valence-electron chi connectivity index (χ2n) is 8.89. The van der Waals surface area contributed by atoms with Gasteiger partial charge in [-0.3, -0.25) is 10.0 Å². The molecule has 1 amide bonds. The van der Waals surface area contributed by atoms with Crippen molar-refractivity contribution in [3.05, 3.63) is 48.0 Å². The van der Waals surface area contributed by atoms with Gasteiger partial charge in [0.05, 0.1) is 31.9 Å². The smallest absolute Gasteiger partial charge is 0.277 e. The molecule has 0 saturated carbocycles. The number of hydrogen-bond acceptors (Lipinski definition) is 12. The van der Waals surface area contributed by atoms with Gasteiger partial charge in [0.2, 0.25) is 5.95 Å². The second-order valence-corrected chi connectivity index (χ2v) is 10.1. The Kier molecular flexibility index (Phi) is 8.16. The normalized spacial score (nSPS) is 13.6. The molecule has 3 aromatic heterocycles. The summed E-state index contributed by atoms with van der Waals surface area (Å²) >= 11 is 1.59. The number of aliphatic hydroxyl groups is 1. The van der Waals surface area contributed by atoms with E-state index in [0.29, 0.717) is 61.5 Å². The van der Waals surface area contributed by atoms with Gasteiger partial charge in [-0.15, -0.1) is 11.8 Å². The molecular formula is C25H29N9O4S. The van der Waals surface area contributed by atoms with E-state index in [0.717, 1.165) is 22.1 Å². The number of aromatic nitrogens is 6. The van der Waals surface area contributed by atoms with Crippen LogP contribution in [0.1, 0.15) is 16.2 Å². The van der Waals surface area contributed by atoms with E-state index in [4.69, 9.17) is 30.0 Å². The second kappa shape index (κ2) is 11.9. The molecule has 14 heteroatoms. The van der Waals surface area contributed by atoms with E-state index in [1.165, 1.54) is 12.4 Å². The SMILES string of the molecule is CN(Cc1nc2c(N3CCOCC3)nc(-c3ccc(SCCO)cc3)nc2n1C)c1ncc(C(=O)NO)cn1. The van der Waals surface area contributed by atoms with E-state index >= 15 is 0 Å². The number of carbonyl (C=O) groups is 1. The molecule has 1 aliphatic rings. The van der Waals surface area contributed by atoms with Crippen molar-refractivity contribution in [1.29, 1.82) is 0 Å². The number of aliphatic hydroxyl groups excluding tert-OH is 1. The lowest BCUT2D eigenvalue weighted by molar-refractivity contribution is 0.0705. The highest BCUT2D eigenvalue weighted by Gasteiger charge is 2.23. The van der Waals surface area contributed by atoms with E-state index in [2.05, 4.69) is 14.9 Å². The first-order chi connectivity index (χ1) is 19.0. The van der Waals surface area contributed by atoms with Gasteiger partial charge in [-0.1, -0.05) is 12.1 Å². The van der Waals surface area contributed by atoms with Crippen LogP contribution in [-0.4, -0.2) is 91.4 Å². The number of hydrogen-bond donors (Lipinski definition) is 3. The Balaban J connectivity index is 1.49. The van der Waals surface area contributed by atoms with Gasteiger partial charge in [-0.2, -0.15) is 0 Å². The first kappa shape index (κ1) is 26.7. The predicted octanol–water partition coefficient (Wildman–Crippen LogP) is 1.50. The number of amides is 1. The lowest BCUT2D eigenvalue weighted by atomic mass is 10.2. The zero-order chi connectivity index (χ0) is 27.4. The van der Waals surface area contributed by atoms with Crippen LogP contribution in [0.15, 0.2) is 41.6 Å². The summed E-state index contributed by atoms with van der Waals surface area (Å²) in [7, 11) is 3.75. The molecule has 0 aliphatic carbocycles. The fourth-order valence-electron chi connectivity index (χ4n) is 4.20. The van der Waals surface area contributed by atoms with Gasteiger partial charge >= 0.3 is 0 Å². The van der Waals surface area contributed by atoms with Crippen molar-refractivity contribution in [3.63, 3.8) is 0 Å². The molecule has 0 unspecified atom stereocenters. The monoisotopic (exact) mass is 551 g/mol. The molecule has 1 saturated heterocycles. The Labute approximate surface area is 228 Å². The summed E-state index contributed by atoms with van der Waals surface area (Å²) < 4.78 is 7.51. The number of fused-ring (bicyclic) bond motifs is 1. The van der Waals surface area contributed by atoms with Crippen LogP contribution in [0.2, 0.25) is 0 Å². The summed E-state index contributed by atoms with van der Waals surface area (Å²) in [6, 6.07) is 8.01. The minimum atomic E-state index is -0.678. The summed E-state index contributed by atoms with van der Waals surface area (Å²) in [4.78, 5) is 39.9. The average molecular weight is 552 g/mol. The van der Waals surface area contributed by atoms with E-state index in [-0.39, 0.29) is 12.2 Å². The summed E-state index contributed by atoms with van der Waals surface area (Å²) in [5.74, 6) is 2.47. The molecule has 39 heavy (non-hydrogen) atoms.